The summed E-state index contributed by atoms with van der Waals surface area (Å²) in [5.74, 6) is -0.781. The van der Waals surface area contributed by atoms with E-state index in [9.17, 15) is 31.5 Å². The van der Waals surface area contributed by atoms with Gasteiger partial charge in [-0.3, -0.25) is 9.59 Å². The zero-order valence-corrected chi connectivity index (χ0v) is 21.4. The van der Waals surface area contributed by atoms with E-state index in [4.69, 9.17) is 9.47 Å². The number of hydrogen-bond donors (Lipinski definition) is 2. The fourth-order valence-corrected chi connectivity index (χ4v) is 4.68. The van der Waals surface area contributed by atoms with Crippen molar-refractivity contribution in [1.82, 2.24) is 20.1 Å². The molecule has 4 rings (SSSR count). The monoisotopic (exact) mass is 560 g/mol. The van der Waals surface area contributed by atoms with E-state index >= 15 is 0 Å². The minimum atomic E-state index is -5.00. The first-order chi connectivity index (χ1) is 18.5. The molecule has 0 bridgehead atoms. The van der Waals surface area contributed by atoms with Gasteiger partial charge in [0, 0.05) is 43.9 Å². The normalized spacial score (nSPS) is 18.2. The molecule has 0 saturated carbocycles. The van der Waals surface area contributed by atoms with Crippen molar-refractivity contribution in [2.24, 2.45) is 0 Å². The van der Waals surface area contributed by atoms with Gasteiger partial charge in [0.1, 0.15) is 0 Å². The predicted molar refractivity (Wildman–Crippen MR) is 130 cm³/mol. The molecule has 2 aliphatic heterocycles. The number of anilines is 2. The zero-order chi connectivity index (χ0) is 28.3. The number of rotatable bonds is 8. The summed E-state index contributed by atoms with van der Waals surface area (Å²) in [7, 11) is 0. The molecule has 0 aromatic carbocycles. The van der Waals surface area contributed by atoms with Gasteiger partial charge in [0.2, 0.25) is 5.91 Å². The van der Waals surface area contributed by atoms with Crippen LogP contribution in [-0.4, -0.2) is 77.5 Å². The van der Waals surface area contributed by atoms with E-state index in [0.29, 0.717) is 23.9 Å². The Labute approximate surface area is 220 Å². The van der Waals surface area contributed by atoms with Crippen molar-refractivity contribution in [3.63, 3.8) is 0 Å². The van der Waals surface area contributed by atoms with Gasteiger partial charge in [-0.2, -0.15) is 18.3 Å². The number of carbonyl (C=O) groups is 1. The Morgan fingerprint density at radius 3 is 2.79 bits per heavy atom. The molecular weight excluding hydrogens is 531 g/mol. The number of aromatic nitrogens is 3. The molecule has 15 heteroatoms. The van der Waals surface area contributed by atoms with Crippen LogP contribution in [0.2, 0.25) is 0 Å². The van der Waals surface area contributed by atoms with Crippen LogP contribution in [0.15, 0.2) is 17.2 Å². The summed E-state index contributed by atoms with van der Waals surface area (Å²) >= 11 is 0. The number of ether oxygens (including phenoxy) is 2. The maximum absolute atomic E-state index is 13.7. The Bertz CT molecular complexity index is 1240. The number of amides is 1. The van der Waals surface area contributed by atoms with E-state index in [1.165, 1.54) is 6.20 Å². The van der Waals surface area contributed by atoms with Crippen LogP contribution in [0.5, 0.6) is 5.75 Å². The Morgan fingerprint density at radius 2 is 2.08 bits per heavy atom. The van der Waals surface area contributed by atoms with Gasteiger partial charge < -0.3 is 24.6 Å². The van der Waals surface area contributed by atoms with E-state index in [2.05, 4.69) is 20.5 Å². The summed E-state index contributed by atoms with van der Waals surface area (Å²) in [5, 5.41) is 9.24. The highest BCUT2D eigenvalue weighted by atomic mass is 19.4. The maximum atomic E-state index is 13.7. The van der Waals surface area contributed by atoms with E-state index < -0.39 is 29.5 Å². The summed E-state index contributed by atoms with van der Waals surface area (Å²) in [5.41, 5.74) is -1.93. The minimum Gasteiger partial charge on any atom is -0.489 e. The van der Waals surface area contributed by atoms with E-state index in [0.717, 1.165) is 0 Å². The van der Waals surface area contributed by atoms with Crippen LogP contribution in [0.1, 0.15) is 42.9 Å². The van der Waals surface area contributed by atoms with Crippen molar-refractivity contribution in [3.8, 4) is 5.75 Å². The average molecular weight is 561 g/mol. The quantitative estimate of drug-likeness (QED) is 0.374. The summed E-state index contributed by atoms with van der Waals surface area (Å²) in [4.78, 5) is 31.6. The number of pyridine rings is 1. The topological polar surface area (TPSA) is 113 Å². The molecule has 0 radical (unpaired) electrons. The van der Waals surface area contributed by atoms with Gasteiger partial charge in [-0.25, -0.2) is 18.9 Å². The molecule has 0 aliphatic carbocycles. The van der Waals surface area contributed by atoms with Crippen molar-refractivity contribution in [2.75, 3.05) is 49.7 Å². The average Bonchev–Trinajstić information content (AvgIpc) is 3.06. The largest absolute Gasteiger partial charge is 0.489 e. The second-order valence-electron chi connectivity index (χ2n) is 9.47. The molecule has 2 atom stereocenters. The number of aromatic amines is 1. The van der Waals surface area contributed by atoms with Gasteiger partial charge >= 0.3 is 6.18 Å². The van der Waals surface area contributed by atoms with Gasteiger partial charge in [0.05, 0.1) is 55.3 Å². The lowest BCUT2D eigenvalue weighted by molar-refractivity contribution is -0.140. The molecule has 0 unspecified atom stereocenters. The third-order valence-electron chi connectivity index (χ3n) is 6.72. The molecule has 2 aromatic heterocycles. The van der Waals surface area contributed by atoms with Gasteiger partial charge in [-0.1, -0.05) is 0 Å². The third kappa shape index (κ3) is 6.40. The molecule has 1 amide bonds. The van der Waals surface area contributed by atoms with E-state index in [1.807, 2.05) is 6.92 Å². The van der Waals surface area contributed by atoms with E-state index in [1.54, 1.807) is 16.7 Å². The lowest BCUT2D eigenvalue weighted by Gasteiger charge is -2.41. The Balaban J connectivity index is 1.32. The Hall–Kier alpha value is -3.49. The molecule has 1 saturated heterocycles. The van der Waals surface area contributed by atoms with Crippen LogP contribution in [0.3, 0.4) is 0 Å². The molecular formula is C24H29F5N6O4. The number of halogens is 5. The van der Waals surface area contributed by atoms with Crippen molar-refractivity contribution in [2.45, 2.75) is 51.4 Å². The maximum Gasteiger partial charge on any atom is 0.418 e. The smallest absolute Gasteiger partial charge is 0.418 e. The Morgan fingerprint density at radius 1 is 1.31 bits per heavy atom. The molecule has 39 heavy (non-hydrogen) atoms. The summed E-state index contributed by atoms with van der Waals surface area (Å²) in [6, 6.07) is -0.504. The lowest BCUT2D eigenvalue weighted by Crippen LogP contribution is -2.55. The summed E-state index contributed by atoms with van der Waals surface area (Å²) < 4.78 is 78.4. The number of alkyl halides is 5. The number of fused-ring (bicyclic) bond motifs is 3. The highest BCUT2D eigenvalue weighted by Gasteiger charge is 2.42. The first-order valence-electron chi connectivity index (χ1n) is 12.4. The van der Waals surface area contributed by atoms with E-state index in [-0.39, 0.29) is 75.2 Å². The molecule has 1 fully saturated rings. The van der Waals surface area contributed by atoms with Crippen molar-refractivity contribution in [1.29, 1.82) is 0 Å². The molecule has 214 valence electrons. The van der Waals surface area contributed by atoms with Crippen LogP contribution < -0.4 is 20.5 Å². The standard InChI is InChI=1S/C24H29F5N6O4/c1-13(32-17-10-31-33-23(37)14(17)2)12-38-7-4-18(36)34-5-6-35-15(11-34)3-8-39-20-19(21(25)26)16(24(27,28)29)9-30-22(20)35/h9-10,13,15,21H,3-8,11-12H2,1-2H3,(H2,32,33,37)/t13-,15-/m0/s1. The van der Waals surface area contributed by atoms with Gasteiger partial charge in [-0.05, 0) is 13.8 Å². The number of carbonyl (C=O) groups excluding carboxylic acids is 1. The van der Waals surface area contributed by atoms with Gasteiger partial charge in [0.15, 0.2) is 11.6 Å². The van der Waals surface area contributed by atoms with Crippen LogP contribution in [-0.2, 0) is 15.7 Å². The number of nitrogens with zero attached hydrogens (tertiary/aromatic N) is 4. The van der Waals surface area contributed by atoms with Crippen molar-refractivity contribution < 1.29 is 36.2 Å². The molecule has 10 nitrogen and oxygen atoms in total. The van der Waals surface area contributed by atoms with Gasteiger partial charge in [0.25, 0.3) is 12.0 Å². The first kappa shape index (κ1) is 28.5. The van der Waals surface area contributed by atoms with Gasteiger partial charge in [-0.15, -0.1) is 0 Å². The highest BCUT2D eigenvalue weighted by molar-refractivity contribution is 5.77. The van der Waals surface area contributed by atoms with Crippen LogP contribution >= 0.6 is 0 Å². The van der Waals surface area contributed by atoms with Crippen LogP contribution in [0, 0.1) is 6.92 Å². The Kier molecular flexibility index (Phi) is 8.57. The second-order valence-corrected chi connectivity index (χ2v) is 9.47. The highest BCUT2D eigenvalue weighted by Crippen LogP contribution is 2.46. The molecule has 4 heterocycles. The van der Waals surface area contributed by atoms with Crippen molar-refractivity contribution >= 4 is 17.4 Å². The minimum absolute atomic E-state index is 0.0661. The molecule has 2 aromatic rings. The second kappa shape index (κ2) is 11.7. The first-order valence-corrected chi connectivity index (χ1v) is 12.4. The molecule has 2 N–H and O–H groups in total. The SMILES string of the molecule is Cc1c(N[C@@H](C)COCCC(=O)N2CCN3c4ncc(C(F)(F)F)c(C(F)F)c4OCC[C@H]3C2)cn[nH]c1=O. The number of nitrogens with one attached hydrogen (secondary N) is 2. The zero-order valence-electron chi connectivity index (χ0n) is 21.4. The number of H-pyrrole nitrogens is 1. The summed E-state index contributed by atoms with van der Waals surface area (Å²) in [6.07, 6.45) is -6.04. The van der Waals surface area contributed by atoms with Crippen molar-refractivity contribution in [3.05, 3.63) is 39.4 Å². The molecule has 0 spiro atoms. The fourth-order valence-electron chi connectivity index (χ4n) is 4.68. The third-order valence-corrected chi connectivity index (χ3v) is 6.72. The number of hydrogen-bond acceptors (Lipinski definition) is 8. The fraction of sp³-hybridized carbons (Fsp3) is 0.583. The summed E-state index contributed by atoms with van der Waals surface area (Å²) in [6.45, 7) is 4.58. The molecule has 2 aliphatic rings. The van der Waals surface area contributed by atoms with Crippen LogP contribution in [0.4, 0.5) is 33.5 Å². The van der Waals surface area contributed by atoms with Crippen LogP contribution in [0.25, 0.3) is 0 Å². The predicted octanol–water partition coefficient (Wildman–Crippen LogP) is 3.14. The number of piperazine rings is 1. The lowest BCUT2D eigenvalue weighted by atomic mass is 10.1.